The lowest BCUT2D eigenvalue weighted by atomic mass is 9.80. The maximum Gasteiger partial charge on any atom is 0.147 e. The van der Waals surface area contributed by atoms with Gasteiger partial charge in [0.1, 0.15) is 11.6 Å². The van der Waals surface area contributed by atoms with Gasteiger partial charge in [0, 0.05) is 13.1 Å². The molecule has 0 amide bonds. The highest BCUT2D eigenvalue weighted by atomic mass is 15.1. The van der Waals surface area contributed by atoms with Crippen LogP contribution in [0.4, 0.5) is 11.6 Å². The molecule has 0 aliphatic heterocycles. The van der Waals surface area contributed by atoms with Gasteiger partial charge < -0.3 is 10.6 Å². The Morgan fingerprint density at radius 3 is 2.35 bits per heavy atom. The number of aromatic nitrogens is 2. The molecule has 1 saturated carbocycles. The Kier molecular flexibility index (Phi) is 3.82. The quantitative estimate of drug-likeness (QED) is 0.844. The van der Waals surface area contributed by atoms with Crippen molar-refractivity contribution in [1.29, 1.82) is 0 Å². The summed E-state index contributed by atoms with van der Waals surface area (Å²) in [6, 6.07) is 0.537. The number of hydrogen-bond acceptors (Lipinski definition) is 4. The Balaban J connectivity index is 1.99. The molecule has 2 N–H and O–H groups in total. The summed E-state index contributed by atoms with van der Waals surface area (Å²) in [6.07, 6.45) is 7.34. The minimum atomic E-state index is 0.537. The van der Waals surface area contributed by atoms with Crippen LogP contribution in [0.2, 0.25) is 0 Å². The van der Waals surface area contributed by atoms with E-state index in [0.29, 0.717) is 6.04 Å². The van der Waals surface area contributed by atoms with E-state index >= 15 is 0 Å². The Bertz CT molecular complexity index is 356. The molecule has 1 aliphatic rings. The molecule has 17 heavy (non-hydrogen) atoms. The molecule has 4 nitrogen and oxygen atoms in total. The van der Waals surface area contributed by atoms with Gasteiger partial charge in [-0.3, -0.25) is 4.98 Å². The summed E-state index contributed by atoms with van der Waals surface area (Å²) in [5, 5.41) is 6.51. The van der Waals surface area contributed by atoms with Crippen molar-refractivity contribution < 1.29 is 0 Å². The highest BCUT2D eigenvalue weighted by molar-refractivity contribution is 5.41. The third kappa shape index (κ3) is 3.32. The summed E-state index contributed by atoms with van der Waals surface area (Å²) >= 11 is 0. The number of nitrogens with one attached hydrogen (secondary N) is 2. The van der Waals surface area contributed by atoms with E-state index in [1.807, 2.05) is 7.05 Å². The van der Waals surface area contributed by atoms with Crippen LogP contribution in [0.15, 0.2) is 12.4 Å². The monoisotopic (exact) mass is 234 g/mol. The van der Waals surface area contributed by atoms with Crippen LogP contribution in [0, 0.1) is 11.8 Å². The first-order valence-corrected chi connectivity index (χ1v) is 6.43. The van der Waals surface area contributed by atoms with E-state index in [-0.39, 0.29) is 0 Å². The third-order valence-corrected chi connectivity index (χ3v) is 3.42. The zero-order valence-electron chi connectivity index (χ0n) is 10.9. The Hall–Kier alpha value is -1.32. The standard InChI is InChI=1S/C13H22N4/c1-9-4-10(2)6-11(5-9)16-13-8-15-7-12(14-3)17-13/h7-11H,4-6H2,1-3H3,(H2,14,16,17). The average Bonchev–Trinajstić information content (AvgIpc) is 2.28. The van der Waals surface area contributed by atoms with Crippen LogP contribution in [-0.4, -0.2) is 23.1 Å². The minimum Gasteiger partial charge on any atom is -0.372 e. The molecule has 1 aromatic heterocycles. The normalized spacial score (nSPS) is 28.8. The Labute approximate surface area is 103 Å². The van der Waals surface area contributed by atoms with Gasteiger partial charge in [-0.25, -0.2) is 4.98 Å². The molecule has 0 radical (unpaired) electrons. The van der Waals surface area contributed by atoms with E-state index in [0.717, 1.165) is 23.5 Å². The average molecular weight is 234 g/mol. The zero-order valence-corrected chi connectivity index (χ0v) is 10.9. The van der Waals surface area contributed by atoms with Crippen molar-refractivity contribution in [2.75, 3.05) is 17.7 Å². The molecule has 0 saturated heterocycles. The van der Waals surface area contributed by atoms with E-state index in [4.69, 9.17) is 0 Å². The fourth-order valence-electron chi connectivity index (χ4n) is 2.83. The predicted octanol–water partition coefficient (Wildman–Crippen LogP) is 2.75. The molecule has 0 aromatic carbocycles. The number of nitrogens with zero attached hydrogens (tertiary/aromatic N) is 2. The van der Waals surface area contributed by atoms with Gasteiger partial charge in [-0.2, -0.15) is 0 Å². The molecular formula is C13H22N4. The van der Waals surface area contributed by atoms with Crippen molar-refractivity contribution in [3.05, 3.63) is 12.4 Å². The van der Waals surface area contributed by atoms with Crippen LogP contribution >= 0.6 is 0 Å². The maximum atomic E-state index is 4.45. The summed E-state index contributed by atoms with van der Waals surface area (Å²) in [5.41, 5.74) is 0. The van der Waals surface area contributed by atoms with Crippen LogP contribution in [-0.2, 0) is 0 Å². The minimum absolute atomic E-state index is 0.537. The van der Waals surface area contributed by atoms with Crippen LogP contribution in [0.1, 0.15) is 33.1 Å². The highest BCUT2D eigenvalue weighted by Gasteiger charge is 2.23. The van der Waals surface area contributed by atoms with E-state index in [2.05, 4.69) is 34.4 Å². The van der Waals surface area contributed by atoms with Gasteiger partial charge in [-0.1, -0.05) is 13.8 Å². The second kappa shape index (κ2) is 5.34. The second-order valence-corrected chi connectivity index (χ2v) is 5.30. The first kappa shape index (κ1) is 12.1. The lowest BCUT2D eigenvalue weighted by Crippen LogP contribution is -2.30. The molecule has 1 aliphatic carbocycles. The molecule has 1 aromatic rings. The SMILES string of the molecule is CNc1cncc(NC2CC(C)CC(C)C2)n1. The van der Waals surface area contributed by atoms with Crippen molar-refractivity contribution in [2.45, 2.75) is 39.2 Å². The summed E-state index contributed by atoms with van der Waals surface area (Å²) in [5.74, 6) is 3.29. The van der Waals surface area contributed by atoms with Crippen LogP contribution in [0.25, 0.3) is 0 Å². The fraction of sp³-hybridized carbons (Fsp3) is 0.692. The Morgan fingerprint density at radius 1 is 1.06 bits per heavy atom. The molecule has 2 rings (SSSR count). The summed E-state index contributed by atoms with van der Waals surface area (Å²) in [4.78, 5) is 8.62. The first-order valence-electron chi connectivity index (χ1n) is 6.43. The fourth-order valence-corrected chi connectivity index (χ4v) is 2.83. The number of rotatable bonds is 3. The molecule has 94 valence electrons. The summed E-state index contributed by atoms with van der Waals surface area (Å²) < 4.78 is 0. The summed E-state index contributed by atoms with van der Waals surface area (Å²) in [7, 11) is 1.86. The third-order valence-electron chi connectivity index (χ3n) is 3.42. The molecule has 1 heterocycles. The van der Waals surface area contributed by atoms with Gasteiger partial charge in [-0.15, -0.1) is 0 Å². The predicted molar refractivity (Wildman–Crippen MR) is 71.2 cm³/mol. The topological polar surface area (TPSA) is 49.8 Å². The molecular weight excluding hydrogens is 212 g/mol. The van der Waals surface area contributed by atoms with Crippen molar-refractivity contribution in [3.63, 3.8) is 0 Å². The molecule has 2 unspecified atom stereocenters. The van der Waals surface area contributed by atoms with Crippen molar-refractivity contribution in [1.82, 2.24) is 9.97 Å². The lowest BCUT2D eigenvalue weighted by molar-refractivity contribution is 0.280. The molecule has 4 heteroatoms. The van der Waals surface area contributed by atoms with Crippen molar-refractivity contribution in [3.8, 4) is 0 Å². The van der Waals surface area contributed by atoms with Gasteiger partial charge in [0.15, 0.2) is 0 Å². The number of hydrogen-bond donors (Lipinski definition) is 2. The molecule has 0 spiro atoms. The van der Waals surface area contributed by atoms with Gasteiger partial charge in [-0.05, 0) is 31.1 Å². The van der Waals surface area contributed by atoms with Crippen LogP contribution in [0.3, 0.4) is 0 Å². The van der Waals surface area contributed by atoms with Gasteiger partial charge in [0.05, 0.1) is 12.4 Å². The second-order valence-electron chi connectivity index (χ2n) is 5.30. The molecule has 2 atom stereocenters. The van der Waals surface area contributed by atoms with Crippen molar-refractivity contribution in [2.24, 2.45) is 11.8 Å². The van der Waals surface area contributed by atoms with E-state index in [1.54, 1.807) is 12.4 Å². The van der Waals surface area contributed by atoms with Crippen LogP contribution < -0.4 is 10.6 Å². The van der Waals surface area contributed by atoms with Gasteiger partial charge in [0.2, 0.25) is 0 Å². The van der Waals surface area contributed by atoms with E-state index in [9.17, 15) is 0 Å². The summed E-state index contributed by atoms with van der Waals surface area (Å²) in [6.45, 7) is 4.67. The first-order chi connectivity index (χ1) is 8.17. The molecule has 0 bridgehead atoms. The zero-order chi connectivity index (χ0) is 12.3. The van der Waals surface area contributed by atoms with Crippen molar-refractivity contribution >= 4 is 11.6 Å². The van der Waals surface area contributed by atoms with E-state index in [1.165, 1.54) is 19.3 Å². The van der Waals surface area contributed by atoms with Gasteiger partial charge in [0.25, 0.3) is 0 Å². The maximum absolute atomic E-state index is 4.45. The highest BCUT2D eigenvalue weighted by Crippen LogP contribution is 2.30. The van der Waals surface area contributed by atoms with E-state index < -0.39 is 0 Å². The smallest absolute Gasteiger partial charge is 0.147 e. The van der Waals surface area contributed by atoms with Crippen LogP contribution in [0.5, 0.6) is 0 Å². The Morgan fingerprint density at radius 2 is 1.71 bits per heavy atom. The molecule has 1 fully saturated rings. The number of anilines is 2. The lowest BCUT2D eigenvalue weighted by Gasteiger charge is -2.32. The van der Waals surface area contributed by atoms with Gasteiger partial charge >= 0.3 is 0 Å². The largest absolute Gasteiger partial charge is 0.372 e.